The molecule has 1 N–H and O–H groups in total. The van der Waals surface area contributed by atoms with Crippen molar-refractivity contribution in [2.45, 2.75) is 13.8 Å². The van der Waals surface area contributed by atoms with Crippen LogP contribution >= 0.6 is 0 Å². The Bertz CT molecular complexity index is 645. The van der Waals surface area contributed by atoms with E-state index < -0.39 is 5.97 Å². The van der Waals surface area contributed by atoms with E-state index in [0.717, 1.165) is 11.3 Å². The first-order valence-corrected chi connectivity index (χ1v) is 6.17. The number of anilines is 1. The molecule has 0 aliphatic carbocycles. The predicted octanol–water partition coefficient (Wildman–Crippen LogP) is 2.53. The maximum Gasteiger partial charge on any atom is 0.338 e. The summed E-state index contributed by atoms with van der Waals surface area (Å²) in [5.74, 6) is -0.561. The molecule has 0 fully saturated rings. The van der Waals surface area contributed by atoms with Gasteiger partial charge in [0.25, 0.3) is 0 Å². The first-order chi connectivity index (χ1) is 9.54. The minimum atomic E-state index is -0.398. The number of nitrogens with zero attached hydrogens (tertiary/aromatic N) is 1. The number of aromatic nitrogens is 1. The highest BCUT2D eigenvalue weighted by atomic mass is 16.5. The minimum absolute atomic E-state index is 0.163. The van der Waals surface area contributed by atoms with E-state index in [9.17, 15) is 9.59 Å². The summed E-state index contributed by atoms with van der Waals surface area (Å²) < 4.78 is 6.63. The van der Waals surface area contributed by atoms with E-state index in [-0.39, 0.29) is 5.91 Å². The van der Waals surface area contributed by atoms with E-state index in [2.05, 4.69) is 5.32 Å². The highest BCUT2D eigenvalue weighted by Gasteiger charge is 2.17. The van der Waals surface area contributed by atoms with Gasteiger partial charge in [0.1, 0.15) is 0 Å². The zero-order valence-corrected chi connectivity index (χ0v) is 11.6. The Kier molecular flexibility index (Phi) is 3.89. The van der Waals surface area contributed by atoms with Crippen LogP contribution in [0.15, 0.2) is 36.7 Å². The van der Waals surface area contributed by atoms with Crippen LogP contribution in [0.2, 0.25) is 0 Å². The van der Waals surface area contributed by atoms with Gasteiger partial charge in [-0.2, -0.15) is 0 Å². The lowest BCUT2D eigenvalue weighted by molar-refractivity contribution is -0.114. The molecule has 0 atom stereocenters. The first kappa shape index (κ1) is 13.9. The van der Waals surface area contributed by atoms with Crippen molar-refractivity contribution in [3.63, 3.8) is 0 Å². The Morgan fingerprint density at radius 3 is 2.40 bits per heavy atom. The fraction of sp³-hybridized carbons (Fsp3) is 0.200. The quantitative estimate of drug-likeness (QED) is 0.873. The Balaban J connectivity index is 2.63. The Morgan fingerprint density at radius 1 is 1.20 bits per heavy atom. The first-order valence-electron chi connectivity index (χ1n) is 6.17. The van der Waals surface area contributed by atoms with Crippen molar-refractivity contribution in [1.82, 2.24) is 4.57 Å². The maximum atomic E-state index is 11.8. The van der Waals surface area contributed by atoms with Gasteiger partial charge in [-0.3, -0.25) is 4.79 Å². The number of hydrogen-bond donors (Lipinski definition) is 1. The van der Waals surface area contributed by atoms with Crippen molar-refractivity contribution in [2.24, 2.45) is 0 Å². The van der Waals surface area contributed by atoms with Crippen LogP contribution in [0, 0.1) is 6.92 Å². The van der Waals surface area contributed by atoms with Gasteiger partial charge in [0.15, 0.2) is 0 Å². The molecule has 0 saturated heterocycles. The van der Waals surface area contributed by atoms with Crippen LogP contribution < -0.4 is 5.32 Å². The second kappa shape index (κ2) is 5.61. The molecule has 1 heterocycles. The normalized spacial score (nSPS) is 10.2. The van der Waals surface area contributed by atoms with Gasteiger partial charge in [-0.1, -0.05) is 0 Å². The summed E-state index contributed by atoms with van der Waals surface area (Å²) in [5, 5.41) is 2.77. The van der Waals surface area contributed by atoms with Gasteiger partial charge in [0.2, 0.25) is 5.91 Å². The lowest BCUT2D eigenvalue weighted by Crippen LogP contribution is -2.13. The Morgan fingerprint density at radius 2 is 1.85 bits per heavy atom. The highest BCUT2D eigenvalue weighted by Crippen LogP contribution is 2.27. The minimum Gasteiger partial charge on any atom is -0.465 e. The molecule has 2 rings (SSSR count). The van der Waals surface area contributed by atoms with E-state index >= 15 is 0 Å². The third-order valence-corrected chi connectivity index (χ3v) is 3.01. The largest absolute Gasteiger partial charge is 0.465 e. The molecule has 0 saturated carbocycles. The monoisotopic (exact) mass is 272 g/mol. The van der Waals surface area contributed by atoms with E-state index in [0.29, 0.717) is 11.3 Å². The van der Waals surface area contributed by atoms with Crippen LogP contribution in [0.1, 0.15) is 22.8 Å². The Labute approximate surface area is 117 Å². The summed E-state index contributed by atoms with van der Waals surface area (Å²) in [7, 11) is 1.35. The molecular weight excluding hydrogens is 256 g/mol. The number of carbonyl (C=O) groups is 2. The molecular formula is C15H16N2O3. The molecule has 1 aromatic heterocycles. The number of amides is 1. The van der Waals surface area contributed by atoms with Gasteiger partial charge in [-0.05, 0) is 36.8 Å². The third-order valence-electron chi connectivity index (χ3n) is 3.01. The number of nitrogens with one attached hydrogen (secondary N) is 1. The average Bonchev–Trinajstić information content (AvgIpc) is 2.91. The van der Waals surface area contributed by atoms with Crippen LogP contribution in [0.4, 0.5) is 5.69 Å². The van der Waals surface area contributed by atoms with E-state index in [1.165, 1.54) is 14.0 Å². The van der Waals surface area contributed by atoms with Crippen molar-refractivity contribution in [1.29, 1.82) is 0 Å². The third kappa shape index (κ3) is 2.56. The highest BCUT2D eigenvalue weighted by molar-refractivity contribution is 5.96. The Hall–Kier alpha value is -2.56. The molecule has 0 aliphatic rings. The van der Waals surface area contributed by atoms with E-state index in [1.807, 2.05) is 36.0 Å². The lowest BCUT2D eigenvalue weighted by atomic mass is 10.0. The zero-order chi connectivity index (χ0) is 14.7. The summed E-state index contributed by atoms with van der Waals surface area (Å²) in [6, 6.07) is 7.11. The summed E-state index contributed by atoms with van der Waals surface area (Å²) in [5.41, 5.74) is 2.64. The number of esters is 1. The smallest absolute Gasteiger partial charge is 0.338 e. The summed E-state index contributed by atoms with van der Waals surface area (Å²) in [6.45, 7) is 3.27. The molecule has 0 radical (unpaired) electrons. The van der Waals surface area contributed by atoms with Crippen LogP contribution in [0.25, 0.3) is 5.69 Å². The van der Waals surface area contributed by atoms with E-state index in [4.69, 9.17) is 4.74 Å². The second-order valence-electron chi connectivity index (χ2n) is 4.40. The summed E-state index contributed by atoms with van der Waals surface area (Å²) in [4.78, 5) is 23.1. The molecule has 0 unspecified atom stereocenters. The standard InChI is InChI=1S/C15H16N2O3/c1-10-12(15(19)20-3)6-7-13(16-11(2)18)14(10)17-8-4-5-9-17/h4-9H,1-3H3,(H,16,18). The predicted molar refractivity (Wildman–Crippen MR) is 76.1 cm³/mol. The van der Waals surface area contributed by atoms with Gasteiger partial charge in [-0.15, -0.1) is 0 Å². The molecule has 20 heavy (non-hydrogen) atoms. The molecule has 5 nitrogen and oxygen atoms in total. The summed E-state index contributed by atoms with van der Waals surface area (Å²) in [6.07, 6.45) is 3.71. The second-order valence-corrected chi connectivity index (χ2v) is 4.40. The maximum absolute atomic E-state index is 11.8. The molecule has 1 aromatic carbocycles. The number of methoxy groups -OCH3 is 1. The summed E-state index contributed by atoms with van der Waals surface area (Å²) >= 11 is 0. The lowest BCUT2D eigenvalue weighted by Gasteiger charge is -2.16. The molecule has 0 spiro atoms. The average molecular weight is 272 g/mol. The molecule has 2 aromatic rings. The number of ether oxygens (including phenoxy) is 1. The van der Waals surface area contributed by atoms with Crippen LogP contribution in [0.3, 0.4) is 0 Å². The molecule has 0 aliphatic heterocycles. The van der Waals surface area contributed by atoms with Gasteiger partial charge < -0.3 is 14.6 Å². The van der Waals surface area contributed by atoms with Gasteiger partial charge in [0, 0.05) is 19.3 Å². The van der Waals surface area contributed by atoms with Crippen LogP contribution in [-0.4, -0.2) is 23.6 Å². The fourth-order valence-corrected chi connectivity index (χ4v) is 2.14. The van der Waals surface area contributed by atoms with Gasteiger partial charge >= 0.3 is 5.97 Å². The van der Waals surface area contributed by atoms with Crippen molar-refractivity contribution in [2.75, 3.05) is 12.4 Å². The molecule has 0 bridgehead atoms. The number of benzene rings is 1. The van der Waals surface area contributed by atoms with Gasteiger partial charge in [0.05, 0.1) is 24.0 Å². The number of hydrogen-bond acceptors (Lipinski definition) is 3. The van der Waals surface area contributed by atoms with Crippen LogP contribution in [-0.2, 0) is 9.53 Å². The zero-order valence-electron chi connectivity index (χ0n) is 11.6. The van der Waals surface area contributed by atoms with Crippen LogP contribution in [0.5, 0.6) is 0 Å². The number of rotatable bonds is 3. The fourth-order valence-electron chi connectivity index (χ4n) is 2.14. The SMILES string of the molecule is COC(=O)c1ccc(NC(C)=O)c(-n2cccc2)c1C. The van der Waals surface area contributed by atoms with Crippen molar-refractivity contribution in [3.8, 4) is 5.69 Å². The molecule has 104 valence electrons. The van der Waals surface area contributed by atoms with Crippen molar-refractivity contribution < 1.29 is 14.3 Å². The number of carbonyl (C=O) groups excluding carboxylic acids is 2. The van der Waals surface area contributed by atoms with Crippen molar-refractivity contribution >= 4 is 17.6 Å². The van der Waals surface area contributed by atoms with Crippen molar-refractivity contribution in [3.05, 3.63) is 47.8 Å². The molecule has 5 heteroatoms. The topological polar surface area (TPSA) is 60.3 Å². The van der Waals surface area contributed by atoms with Gasteiger partial charge in [-0.25, -0.2) is 4.79 Å². The molecule has 1 amide bonds. The van der Waals surface area contributed by atoms with E-state index in [1.54, 1.807) is 12.1 Å².